The molecule has 92 valence electrons. The van der Waals surface area contributed by atoms with Crippen molar-refractivity contribution >= 4 is 38.2 Å². The Hall–Kier alpha value is -1.14. The Balaban J connectivity index is 2.11. The molecule has 3 aromatic rings. The topological polar surface area (TPSA) is 51.2 Å². The summed E-state index contributed by atoms with van der Waals surface area (Å²) in [5, 5.41) is 3.09. The quantitative estimate of drug-likeness (QED) is 0.569. The van der Waals surface area contributed by atoms with Crippen molar-refractivity contribution in [2.24, 2.45) is 5.84 Å². The molecule has 3 rings (SSSR count). The summed E-state index contributed by atoms with van der Waals surface area (Å²) in [4.78, 5) is 1.13. The maximum Gasteiger partial charge on any atom is 0.148 e. The van der Waals surface area contributed by atoms with Gasteiger partial charge in [0.25, 0.3) is 0 Å². The van der Waals surface area contributed by atoms with E-state index in [4.69, 9.17) is 10.3 Å². The molecule has 0 saturated carbocycles. The molecule has 0 fully saturated rings. The number of halogens is 1. The molecule has 0 saturated heterocycles. The van der Waals surface area contributed by atoms with Gasteiger partial charge in [0.15, 0.2) is 0 Å². The van der Waals surface area contributed by atoms with Gasteiger partial charge in [0.05, 0.1) is 4.47 Å². The molecule has 3 N–H and O–H groups in total. The molecule has 2 aromatic heterocycles. The fourth-order valence-corrected chi connectivity index (χ4v) is 3.20. The van der Waals surface area contributed by atoms with Crippen molar-refractivity contribution in [1.29, 1.82) is 0 Å². The number of para-hydroxylation sites is 1. The summed E-state index contributed by atoms with van der Waals surface area (Å²) in [7, 11) is 0. The average molecular weight is 323 g/mol. The van der Waals surface area contributed by atoms with Crippen LogP contribution in [0.15, 0.2) is 50.7 Å². The number of thiophene rings is 1. The van der Waals surface area contributed by atoms with Gasteiger partial charge in [-0.3, -0.25) is 5.84 Å². The van der Waals surface area contributed by atoms with Crippen molar-refractivity contribution in [2.75, 3.05) is 0 Å². The lowest BCUT2D eigenvalue weighted by Crippen LogP contribution is -2.27. The van der Waals surface area contributed by atoms with Crippen molar-refractivity contribution in [1.82, 2.24) is 5.43 Å². The number of hydrogen-bond acceptors (Lipinski definition) is 4. The molecule has 0 amide bonds. The lowest BCUT2D eigenvalue weighted by atomic mass is 10.2. The van der Waals surface area contributed by atoms with E-state index in [1.54, 1.807) is 11.3 Å². The maximum absolute atomic E-state index is 5.89. The van der Waals surface area contributed by atoms with E-state index in [2.05, 4.69) is 21.4 Å². The van der Waals surface area contributed by atoms with Gasteiger partial charge in [-0.05, 0) is 39.5 Å². The summed E-state index contributed by atoms with van der Waals surface area (Å²) in [6.45, 7) is 0. The van der Waals surface area contributed by atoms with Gasteiger partial charge >= 0.3 is 0 Å². The van der Waals surface area contributed by atoms with E-state index in [0.717, 1.165) is 26.1 Å². The van der Waals surface area contributed by atoms with Crippen LogP contribution in [-0.4, -0.2) is 0 Å². The van der Waals surface area contributed by atoms with E-state index in [1.165, 1.54) is 0 Å². The van der Waals surface area contributed by atoms with Gasteiger partial charge in [-0.1, -0.05) is 18.2 Å². The molecule has 3 nitrogen and oxygen atoms in total. The van der Waals surface area contributed by atoms with Crippen LogP contribution < -0.4 is 11.3 Å². The largest absolute Gasteiger partial charge is 0.458 e. The highest BCUT2D eigenvalue weighted by Gasteiger charge is 2.18. The van der Waals surface area contributed by atoms with E-state index in [0.29, 0.717) is 0 Å². The zero-order chi connectivity index (χ0) is 12.5. The van der Waals surface area contributed by atoms with Crippen LogP contribution in [0.1, 0.15) is 16.7 Å². The summed E-state index contributed by atoms with van der Waals surface area (Å²) in [5.74, 6) is 6.46. The molecule has 1 atom stereocenters. The van der Waals surface area contributed by atoms with Crippen molar-refractivity contribution in [3.05, 3.63) is 56.9 Å². The predicted molar refractivity (Wildman–Crippen MR) is 77.4 cm³/mol. The molecule has 0 bridgehead atoms. The Morgan fingerprint density at radius 1 is 1.28 bits per heavy atom. The van der Waals surface area contributed by atoms with Gasteiger partial charge in [-0.15, -0.1) is 11.3 Å². The van der Waals surface area contributed by atoms with Gasteiger partial charge in [-0.2, -0.15) is 0 Å². The zero-order valence-corrected chi connectivity index (χ0v) is 11.8. The number of nitrogens with two attached hydrogens (primary N) is 1. The molecule has 0 aliphatic heterocycles. The maximum atomic E-state index is 5.89. The second-order valence-corrected chi connectivity index (χ2v) is 5.76. The fourth-order valence-electron chi connectivity index (χ4n) is 1.95. The molecular weight excluding hydrogens is 312 g/mol. The molecule has 0 aliphatic rings. The van der Waals surface area contributed by atoms with Crippen LogP contribution in [0.5, 0.6) is 0 Å². The molecule has 1 unspecified atom stereocenters. The Labute approximate surface area is 117 Å². The zero-order valence-electron chi connectivity index (χ0n) is 9.39. The van der Waals surface area contributed by atoms with Crippen LogP contribution in [0, 0.1) is 0 Å². The smallest absolute Gasteiger partial charge is 0.148 e. The van der Waals surface area contributed by atoms with Crippen LogP contribution in [0.4, 0.5) is 0 Å². The van der Waals surface area contributed by atoms with Gasteiger partial charge in [0.1, 0.15) is 17.4 Å². The minimum absolute atomic E-state index is 0.107. The number of hydrogen-bond donors (Lipinski definition) is 2. The Morgan fingerprint density at radius 3 is 2.83 bits per heavy atom. The molecule has 1 aromatic carbocycles. The van der Waals surface area contributed by atoms with E-state index >= 15 is 0 Å². The third kappa shape index (κ3) is 1.99. The van der Waals surface area contributed by atoms with Crippen molar-refractivity contribution in [3.8, 4) is 0 Å². The number of hydrazine groups is 1. The van der Waals surface area contributed by atoms with Crippen LogP contribution in [0.2, 0.25) is 0 Å². The first kappa shape index (κ1) is 11.9. The standard InChI is InChI=1S/C13H11BrN2OS/c14-9-4-1-3-8-7-10(17-13(8)9)12(16-15)11-5-2-6-18-11/h1-7,12,16H,15H2. The molecule has 0 spiro atoms. The van der Waals surface area contributed by atoms with Crippen molar-refractivity contribution in [3.63, 3.8) is 0 Å². The van der Waals surface area contributed by atoms with Gasteiger partial charge in [0, 0.05) is 10.3 Å². The first-order valence-corrected chi connectivity index (χ1v) is 7.14. The monoisotopic (exact) mass is 322 g/mol. The third-order valence-electron chi connectivity index (χ3n) is 2.79. The number of fused-ring (bicyclic) bond motifs is 1. The average Bonchev–Trinajstić information content (AvgIpc) is 3.00. The van der Waals surface area contributed by atoms with Gasteiger partial charge in [0.2, 0.25) is 0 Å². The van der Waals surface area contributed by atoms with Crippen LogP contribution >= 0.6 is 27.3 Å². The lowest BCUT2D eigenvalue weighted by molar-refractivity contribution is 0.480. The third-order valence-corrected chi connectivity index (χ3v) is 4.36. The number of nitrogens with one attached hydrogen (secondary N) is 1. The summed E-state index contributed by atoms with van der Waals surface area (Å²) < 4.78 is 6.84. The number of furan rings is 1. The van der Waals surface area contributed by atoms with Crippen LogP contribution in [0.25, 0.3) is 11.0 Å². The van der Waals surface area contributed by atoms with Crippen LogP contribution in [0.3, 0.4) is 0 Å². The highest BCUT2D eigenvalue weighted by atomic mass is 79.9. The Kier molecular flexibility index (Phi) is 3.22. The summed E-state index contributed by atoms with van der Waals surface area (Å²) in [6.07, 6.45) is 0. The van der Waals surface area contributed by atoms with Crippen molar-refractivity contribution in [2.45, 2.75) is 6.04 Å². The van der Waals surface area contributed by atoms with E-state index < -0.39 is 0 Å². The highest BCUT2D eigenvalue weighted by molar-refractivity contribution is 9.10. The normalized spacial score (nSPS) is 13.0. The number of rotatable bonds is 3. The highest BCUT2D eigenvalue weighted by Crippen LogP contribution is 2.33. The first-order chi connectivity index (χ1) is 8.79. The molecule has 18 heavy (non-hydrogen) atoms. The molecule has 0 radical (unpaired) electrons. The summed E-state index contributed by atoms with van der Waals surface area (Å²) >= 11 is 5.14. The predicted octanol–water partition coefficient (Wildman–Crippen LogP) is 3.81. The first-order valence-electron chi connectivity index (χ1n) is 5.47. The lowest BCUT2D eigenvalue weighted by Gasteiger charge is -2.10. The second-order valence-electron chi connectivity index (χ2n) is 3.92. The summed E-state index contributed by atoms with van der Waals surface area (Å²) in [6, 6.07) is 11.9. The SMILES string of the molecule is NNC(c1cc2cccc(Br)c2o1)c1cccs1. The van der Waals surface area contributed by atoms with E-state index in [-0.39, 0.29) is 6.04 Å². The fraction of sp³-hybridized carbons (Fsp3) is 0.0769. The number of benzene rings is 1. The minimum atomic E-state index is -0.107. The molecule has 2 heterocycles. The van der Waals surface area contributed by atoms with Gasteiger partial charge < -0.3 is 4.42 Å². The second kappa shape index (κ2) is 4.85. The molecular formula is C13H11BrN2OS. The molecule has 5 heteroatoms. The Bertz CT molecular complexity index is 663. The van der Waals surface area contributed by atoms with Gasteiger partial charge in [-0.25, -0.2) is 5.43 Å². The van der Waals surface area contributed by atoms with Crippen molar-refractivity contribution < 1.29 is 4.42 Å². The Morgan fingerprint density at radius 2 is 2.17 bits per heavy atom. The van der Waals surface area contributed by atoms with Crippen LogP contribution in [-0.2, 0) is 0 Å². The van der Waals surface area contributed by atoms with E-state index in [1.807, 2.05) is 41.8 Å². The minimum Gasteiger partial charge on any atom is -0.458 e. The summed E-state index contributed by atoms with van der Waals surface area (Å²) in [5.41, 5.74) is 3.65. The molecule has 0 aliphatic carbocycles. The van der Waals surface area contributed by atoms with E-state index in [9.17, 15) is 0 Å².